The van der Waals surface area contributed by atoms with Gasteiger partial charge in [-0.15, -0.1) is 0 Å². The van der Waals surface area contributed by atoms with E-state index >= 15 is 0 Å². The third-order valence-electron chi connectivity index (χ3n) is 2.99. The van der Waals surface area contributed by atoms with Crippen molar-refractivity contribution >= 4 is 0 Å². The summed E-state index contributed by atoms with van der Waals surface area (Å²) in [5, 5.41) is 3.81. The molecule has 1 heterocycles. The third-order valence-corrected chi connectivity index (χ3v) is 2.99. The number of halogens is 3. The minimum absolute atomic E-state index is 0.0488. The van der Waals surface area contributed by atoms with Gasteiger partial charge < -0.3 is 5.73 Å². The van der Waals surface area contributed by atoms with Gasteiger partial charge in [0.15, 0.2) is 11.6 Å². The maximum Gasteiger partial charge on any atom is 0.350 e. The van der Waals surface area contributed by atoms with Gasteiger partial charge in [-0.1, -0.05) is 0 Å². The topological polar surface area (TPSA) is 65.8 Å². The van der Waals surface area contributed by atoms with Gasteiger partial charge in [-0.05, 0) is 24.6 Å². The average molecular weight is 298 g/mol. The number of hydrogen-bond acceptors (Lipinski definition) is 3. The normalized spacial score (nSPS) is 12.4. The first-order valence-electron chi connectivity index (χ1n) is 6.08. The Morgan fingerprint density at radius 1 is 1.33 bits per heavy atom. The molecule has 5 nitrogen and oxygen atoms in total. The zero-order valence-corrected chi connectivity index (χ0v) is 11.2. The minimum Gasteiger partial charge on any atom is -0.327 e. The Morgan fingerprint density at radius 2 is 2.05 bits per heavy atom. The van der Waals surface area contributed by atoms with Crippen LogP contribution in [0.4, 0.5) is 13.2 Å². The smallest absolute Gasteiger partial charge is 0.327 e. The molecule has 21 heavy (non-hydrogen) atoms. The Balaban J connectivity index is 2.39. The fourth-order valence-corrected chi connectivity index (χ4v) is 1.75. The first-order chi connectivity index (χ1) is 9.93. The quantitative estimate of drug-likeness (QED) is 0.930. The summed E-state index contributed by atoms with van der Waals surface area (Å²) in [6.45, 7) is 1.08. The highest BCUT2D eigenvalue weighted by Crippen LogP contribution is 2.11. The Bertz CT molecular complexity index is 744. The van der Waals surface area contributed by atoms with Crippen LogP contribution in [0.25, 0.3) is 5.69 Å². The van der Waals surface area contributed by atoms with Crippen molar-refractivity contribution < 1.29 is 13.2 Å². The zero-order chi connectivity index (χ0) is 15.6. The van der Waals surface area contributed by atoms with Crippen LogP contribution in [0, 0.1) is 11.6 Å². The summed E-state index contributed by atoms with van der Waals surface area (Å²) < 4.78 is 41.3. The van der Waals surface area contributed by atoms with E-state index in [1.54, 1.807) is 0 Å². The van der Waals surface area contributed by atoms with Crippen LogP contribution in [-0.4, -0.2) is 20.9 Å². The molecule has 112 valence electrons. The van der Waals surface area contributed by atoms with Crippen molar-refractivity contribution in [3.8, 4) is 5.69 Å². The van der Waals surface area contributed by atoms with Crippen LogP contribution in [0.5, 0.6) is 0 Å². The number of benzene rings is 1. The standard InChI is InChI=1S/C13H13F3N4O/c1-8(14)9(5-17)6-20-13(21)19(7-18-20)10-2-3-11(15)12(16)4-10/h2-4,7H,5-6,17H2,1H3/b9-8+. The van der Waals surface area contributed by atoms with E-state index in [1.165, 1.54) is 13.0 Å². The third kappa shape index (κ3) is 3.05. The SMILES string of the molecule is C/C(F)=C(/CN)Cn1ncn(-c2ccc(F)c(F)c2)c1=O. The molecule has 0 radical (unpaired) electrons. The number of nitrogens with two attached hydrogens (primary N) is 1. The van der Waals surface area contributed by atoms with E-state index in [0.717, 1.165) is 27.7 Å². The van der Waals surface area contributed by atoms with Gasteiger partial charge in [-0.25, -0.2) is 27.2 Å². The first kappa shape index (κ1) is 15.0. The number of hydrogen-bond donors (Lipinski definition) is 1. The van der Waals surface area contributed by atoms with E-state index in [2.05, 4.69) is 5.10 Å². The van der Waals surface area contributed by atoms with Crippen LogP contribution in [0.2, 0.25) is 0 Å². The van der Waals surface area contributed by atoms with E-state index in [0.29, 0.717) is 0 Å². The van der Waals surface area contributed by atoms with Crippen molar-refractivity contribution in [2.45, 2.75) is 13.5 Å². The zero-order valence-electron chi connectivity index (χ0n) is 11.2. The molecule has 0 aliphatic rings. The number of nitrogens with zero attached hydrogens (tertiary/aromatic N) is 3. The first-order valence-corrected chi connectivity index (χ1v) is 6.08. The maximum atomic E-state index is 13.2. The van der Waals surface area contributed by atoms with Gasteiger partial charge in [0, 0.05) is 12.6 Å². The molecule has 0 unspecified atom stereocenters. The molecule has 2 aromatic rings. The molecule has 0 atom stereocenters. The summed E-state index contributed by atoms with van der Waals surface area (Å²) in [6.07, 6.45) is 1.15. The van der Waals surface area contributed by atoms with Crippen LogP contribution in [0.15, 0.2) is 40.7 Å². The van der Waals surface area contributed by atoms with Crippen molar-refractivity contribution in [1.29, 1.82) is 0 Å². The minimum atomic E-state index is -1.07. The monoisotopic (exact) mass is 298 g/mol. The lowest BCUT2D eigenvalue weighted by Crippen LogP contribution is -2.26. The van der Waals surface area contributed by atoms with E-state index in [4.69, 9.17) is 5.73 Å². The van der Waals surface area contributed by atoms with Gasteiger partial charge in [-0.3, -0.25) is 0 Å². The van der Waals surface area contributed by atoms with Gasteiger partial charge in [0.1, 0.15) is 6.33 Å². The van der Waals surface area contributed by atoms with Crippen molar-refractivity contribution in [2.24, 2.45) is 5.73 Å². The largest absolute Gasteiger partial charge is 0.350 e. The van der Waals surface area contributed by atoms with E-state index < -0.39 is 23.2 Å². The molecule has 0 aliphatic carbocycles. The highest BCUT2D eigenvalue weighted by atomic mass is 19.2. The fourth-order valence-electron chi connectivity index (χ4n) is 1.75. The molecular formula is C13H13F3N4O. The Labute approximate surface area is 118 Å². The number of allylic oxidation sites excluding steroid dienone is 1. The van der Waals surface area contributed by atoms with Crippen molar-refractivity contribution in [3.05, 3.63) is 58.0 Å². The fraction of sp³-hybridized carbons (Fsp3) is 0.231. The molecule has 0 saturated carbocycles. The van der Waals surface area contributed by atoms with Crippen molar-refractivity contribution in [2.75, 3.05) is 6.54 Å². The summed E-state index contributed by atoms with van der Waals surface area (Å²) in [6, 6.07) is 3.03. The van der Waals surface area contributed by atoms with Gasteiger partial charge in [0.25, 0.3) is 0 Å². The van der Waals surface area contributed by atoms with Crippen LogP contribution >= 0.6 is 0 Å². The second-order valence-corrected chi connectivity index (χ2v) is 4.38. The maximum absolute atomic E-state index is 13.2. The Hall–Kier alpha value is -2.35. The summed E-state index contributed by atoms with van der Waals surface area (Å²) in [4.78, 5) is 12.1. The molecule has 1 aromatic heterocycles. The number of aromatic nitrogens is 3. The lowest BCUT2D eigenvalue weighted by Gasteiger charge is -2.04. The van der Waals surface area contributed by atoms with Crippen LogP contribution in [0.1, 0.15) is 6.92 Å². The molecule has 0 saturated heterocycles. The lowest BCUT2D eigenvalue weighted by molar-refractivity contribution is 0.507. The Morgan fingerprint density at radius 3 is 2.62 bits per heavy atom. The van der Waals surface area contributed by atoms with Gasteiger partial charge >= 0.3 is 5.69 Å². The molecular weight excluding hydrogens is 285 g/mol. The summed E-state index contributed by atoms with van der Waals surface area (Å²) in [5.74, 6) is -2.57. The molecule has 2 N–H and O–H groups in total. The van der Waals surface area contributed by atoms with Gasteiger partial charge in [0.05, 0.1) is 18.1 Å². The molecule has 0 bridgehead atoms. The van der Waals surface area contributed by atoms with Crippen molar-refractivity contribution in [1.82, 2.24) is 14.3 Å². The highest BCUT2D eigenvalue weighted by Gasteiger charge is 2.11. The van der Waals surface area contributed by atoms with E-state index in [1.807, 2.05) is 0 Å². The van der Waals surface area contributed by atoms with Crippen LogP contribution in [0.3, 0.4) is 0 Å². The number of rotatable bonds is 4. The van der Waals surface area contributed by atoms with Gasteiger partial charge in [-0.2, -0.15) is 5.10 Å². The summed E-state index contributed by atoms with van der Waals surface area (Å²) in [5.41, 5.74) is 5.14. The molecule has 2 rings (SSSR count). The van der Waals surface area contributed by atoms with Crippen LogP contribution < -0.4 is 11.4 Å². The molecule has 0 amide bonds. The molecule has 0 spiro atoms. The Kier molecular flexibility index (Phi) is 4.27. The predicted octanol–water partition coefficient (Wildman–Crippen LogP) is 1.51. The van der Waals surface area contributed by atoms with E-state index in [-0.39, 0.29) is 24.4 Å². The predicted molar refractivity (Wildman–Crippen MR) is 70.6 cm³/mol. The highest BCUT2D eigenvalue weighted by molar-refractivity contribution is 5.32. The molecule has 0 aliphatic heterocycles. The van der Waals surface area contributed by atoms with E-state index in [9.17, 15) is 18.0 Å². The van der Waals surface area contributed by atoms with Gasteiger partial charge in [0.2, 0.25) is 0 Å². The molecule has 1 aromatic carbocycles. The average Bonchev–Trinajstić information content (AvgIpc) is 2.80. The molecule has 8 heteroatoms. The summed E-state index contributed by atoms with van der Waals surface area (Å²) >= 11 is 0. The second kappa shape index (κ2) is 5.96. The summed E-state index contributed by atoms with van der Waals surface area (Å²) in [7, 11) is 0. The van der Waals surface area contributed by atoms with Crippen LogP contribution in [-0.2, 0) is 6.54 Å². The second-order valence-electron chi connectivity index (χ2n) is 4.38. The lowest BCUT2D eigenvalue weighted by atomic mass is 10.2. The molecule has 0 fully saturated rings. The van der Waals surface area contributed by atoms with Crippen molar-refractivity contribution in [3.63, 3.8) is 0 Å².